The summed E-state index contributed by atoms with van der Waals surface area (Å²) in [6.07, 6.45) is 4.08. The van der Waals surface area contributed by atoms with Crippen LogP contribution in [0, 0.1) is 0 Å². The Hall–Kier alpha value is -2.71. The molecule has 0 bridgehead atoms. The molecular weight excluding hydrogens is 386 g/mol. The summed E-state index contributed by atoms with van der Waals surface area (Å²) in [5, 5.41) is 7.01. The second-order valence-electron chi connectivity index (χ2n) is 7.01. The van der Waals surface area contributed by atoms with Gasteiger partial charge in [0, 0.05) is 38.0 Å². The van der Waals surface area contributed by atoms with E-state index in [0.29, 0.717) is 23.2 Å². The zero-order valence-electron chi connectivity index (χ0n) is 16.6. The van der Waals surface area contributed by atoms with Crippen LogP contribution in [0.5, 0.6) is 11.5 Å². The molecule has 0 aliphatic carbocycles. The van der Waals surface area contributed by atoms with Crippen LogP contribution in [0.2, 0.25) is 0 Å². The van der Waals surface area contributed by atoms with Crippen molar-refractivity contribution in [2.45, 2.75) is 25.8 Å². The van der Waals surface area contributed by atoms with Gasteiger partial charge >= 0.3 is 0 Å². The van der Waals surface area contributed by atoms with Gasteiger partial charge in [-0.2, -0.15) is 0 Å². The van der Waals surface area contributed by atoms with E-state index < -0.39 is 0 Å². The molecule has 3 heterocycles. The van der Waals surface area contributed by atoms with E-state index in [1.54, 1.807) is 36.7 Å². The lowest BCUT2D eigenvalue weighted by Gasteiger charge is -2.22. The zero-order valence-corrected chi connectivity index (χ0v) is 17.5. The summed E-state index contributed by atoms with van der Waals surface area (Å²) in [5.41, 5.74) is 1.27. The number of nitrogens with one attached hydrogen (secondary N) is 2. The van der Waals surface area contributed by atoms with Gasteiger partial charge in [-0.25, -0.2) is 4.98 Å². The Morgan fingerprint density at radius 2 is 2.17 bits per heavy atom. The highest BCUT2D eigenvalue weighted by Gasteiger charge is 2.22. The second-order valence-corrected chi connectivity index (χ2v) is 8.04. The first-order valence-corrected chi connectivity index (χ1v) is 10.7. The number of amides is 1. The maximum atomic E-state index is 11.7. The minimum Gasteiger partial charge on any atom is -0.457 e. The number of carbonyl (C=O) groups is 1. The van der Waals surface area contributed by atoms with E-state index in [9.17, 15) is 4.79 Å². The van der Waals surface area contributed by atoms with Crippen molar-refractivity contribution >= 4 is 32.6 Å². The molecule has 1 aliphatic heterocycles. The van der Waals surface area contributed by atoms with Crippen molar-refractivity contribution in [2.24, 2.45) is 0 Å². The monoisotopic (exact) mass is 411 g/mol. The first-order valence-electron chi connectivity index (χ1n) is 9.90. The highest BCUT2D eigenvalue weighted by molar-refractivity contribution is 7.22. The van der Waals surface area contributed by atoms with Crippen LogP contribution in [0.25, 0.3) is 10.2 Å². The SMILES string of the molecule is CCN1CCC[C@@H]1CNc1nc2ccc(Oc3ccnc(C(=O)NC)c3)cc2s1. The average molecular weight is 412 g/mol. The number of carbonyl (C=O) groups excluding carboxylic acids is 1. The molecule has 0 radical (unpaired) electrons. The molecule has 0 saturated carbocycles. The van der Waals surface area contributed by atoms with Crippen molar-refractivity contribution in [3.63, 3.8) is 0 Å². The molecule has 2 N–H and O–H groups in total. The van der Waals surface area contributed by atoms with Gasteiger partial charge in [-0.15, -0.1) is 0 Å². The Kier molecular flexibility index (Phi) is 5.92. The quantitative estimate of drug-likeness (QED) is 0.617. The third-order valence-electron chi connectivity index (χ3n) is 5.18. The molecule has 1 atom stereocenters. The molecular formula is C21H25N5O2S. The molecule has 1 aromatic carbocycles. The summed E-state index contributed by atoms with van der Waals surface area (Å²) in [6, 6.07) is 9.78. The van der Waals surface area contributed by atoms with E-state index in [0.717, 1.165) is 28.4 Å². The van der Waals surface area contributed by atoms with E-state index >= 15 is 0 Å². The van der Waals surface area contributed by atoms with Crippen LogP contribution in [-0.2, 0) is 0 Å². The van der Waals surface area contributed by atoms with Gasteiger partial charge in [-0.3, -0.25) is 14.7 Å². The number of likely N-dealkylation sites (N-methyl/N-ethyl adjacent to an activating group) is 1. The van der Waals surface area contributed by atoms with Gasteiger partial charge < -0.3 is 15.4 Å². The Bertz CT molecular complexity index is 1010. The highest BCUT2D eigenvalue weighted by Crippen LogP contribution is 2.31. The molecule has 152 valence electrons. The highest BCUT2D eigenvalue weighted by atomic mass is 32.1. The van der Waals surface area contributed by atoms with Gasteiger partial charge in [0.15, 0.2) is 5.13 Å². The number of rotatable bonds is 7. The van der Waals surface area contributed by atoms with E-state index in [1.165, 1.54) is 19.4 Å². The van der Waals surface area contributed by atoms with Crippen molar-refractivity contribution < 1.29 is 9.53 Å². The van der Waals surface area contributed by atoms with Crippen LogP contribution in [0.4, 0.5) is 5.13 Å². The summed E-state index contributed by atoms with van der Waals surface area (Å²) in [4.78, 5) is 23.0. The number of anilines is 1. The van der Waals surface area contributed by atoms with Crippen molar-refractivity contribution in [1.29, 1.82) is 0 Å². The van der Waals surface area contributed by atoms with Crippen molar-refractivity contribution in [2.75, 3.05) is 32.0 Å². The lowest BCUT2D eigenvalue weighted by atomic mass is 10.2. The van der Waals surface area contributed by atoms with Crippen LogP contribution in [0.3, 0.4) is 0 Å². The standard InChI is InChI=1S/C21H25N5O2S/c1-3-26-10-4-5-14(26)13-24-21-25-17-7-6-15(12-19(17)29-21)28-16-8-9-23-18(11-16)20(27)22-2/h6-9,11-12,14H,3-5,10,13H2,1-2H3,(H,22,27)(H,24,25)/t14-/m1/s1. The number of nitrogens with zero attached hydrogens (tertiary/aromatic N) is 3. The maximum absolute atomic E-state index is 11.7. The van der Waals surface area contributed by atoms with Crippen molar-refractivity contribution in [3.05, 3.63) is 42.2 Å². The topological polar surface area (TPSA) is 79.4 Å². The van der Waals surface area contributed by atoms with E-state index in [4.69, 9.17) is 9.72 Å². The molecule has 4 rings (SSSR count). The lowest BCUT2D eigenvalue weighted by Crippen LogP contribution is -2.34. The molecule has 0 unspecified atom stereocenters. The molecule has 0 spiro atoms. The molecule has 1 fully saturated rings. The third-order valence-corrected chi connectivity index (χ3v) is 6.16. The Balaban J connectivity index is 1.45. The summed E-state index contributed by atoms with van der Waals surface area (Å²) >= 11 is 1.63. The smallest absolute Gasteiger partial charge is 0.269 e. The van der Waals surface area contributed by atoms with Crippen LogP contribution in [0.1, 0.15) is 30.3 Å². The minimum atomic E-state index is -0.243. The maximum Gasteiger partial charge on any atom is 0.269 e. The first-order chi connectivity index (χ1) is 14.2. The number of likely N-dealkylation sites (tertiary alicyclic amines) is 1. The normalized spacial score (nSPS) is 16.8. The van der Waals surface area contributed by atoms with Gasteiger partial charge in [0.25, 0.3) is 5.91 Å². The zero-order chi connectivity index (χ0) is 20.2. The van der Waals surface area contributed by atoms with Gasteiger partial charge in [0.2, 0.25) is 0 Å². The minimum absolute atomic E-state index is 0.243. The Labute approximate surface area is 174 Å². The summed E-state index contributed by atoms with van der Waals surface area (Å²) < 4.78 is 6.99. The molecule has 1 amide bonds. The second kappa shape index (κ2) is 8.75. The van der Waals surface area contributed by atoms with E-state index in [-0.39, 0.29) is 5.91 Å². The lowest BCUT2D eigenvalue weighted by molar-refractivity contribution is 0.0958. The van der Waals surface area contributed by atoms with Crippen molar-refractivity contribution in [3.8, 4) is 11.5 Å². The molecule has 3 aromatic rings. The molecule has 1 aliphatic rings. The molecule has 2 aromatic heterocycles. The number of hydrogen-bond acceptors (Lipinski definition) is 7. The Morgan fingerprint density at radius 1 is 1.31 bits per heavy atom. The fourth-order valence-corrected chi connectivity index (χ4v) is 4.56. The summed E-state index contributed by atoms with van der Waals surface area (Å²) in [6.45, 7) is 5.44. The van der Waals surface area contributed by atoms with Crippen LogP contribution >= 0.6 is 11.3 Å². The fourth-order valence-electron chi connectivity index (χ4n) is 3.65. The predicted molar refractivity (Wildman–Crippen MR) is 116 cm³/mol. The first kappa shape index (κ1) is 19.6. The van der Waals surface area contributed by atoms with Crippen LogP contribution in [-0.4, -0.2) is 53.5 Å². The molecule has 29 heavy (non-hydrogen) atoms. The summed E-state index contributed by atoms with van der Waals surface area (Å²) in [5.74, 6) is 1.03. The molecule has 7 nitrogen and oxygen atoms in total. The molecule has 1 saturated heterocycles. The van der Waals surface area contributed by atoms with E-state index in [1.807, 2.05) is 18.2 Å². The molecule has 8 heteroatoms. The number of pyridine rings is 1. The largest absolute Gasteiger partial charge is 0.457 e. The van der Waals surface area contributed by atoms with Gasteiger partial charge in [-0.1, -0.05) is 18.3 Å². The van der Waals surface area contributed by atoms with Gasteiger partial charge in [0.1, 0.15) is 17.2 Å². The predicted octanol–water partition coefficient (Wildman–Crippen LogP) is 3.74. The average Bonchev–Trinajstić information content (AvgIpc) is 3.37. The fraction of sp³-hybridized carbons (Fsp3) is 0.381. The van der Waals surface area contributed by atoms with Gasteiger partial charge in [0.05, 0.1) is 10.2 Å². The van der Waals surface area contributed by atoms with Gasteiger partial charge in [-0.05, 0) is 44.1 Å². The number of benzene rings is 1. The third kappa shape index (κ3) is 4.49. The van der Waals surface area contributed by atoms with Crippen LogP contribution < -0.4 is 15.4 Å². The number of hydrogen-bond donors (Lipinski definition) is 2. The Morgan fingerprint density at radius 3 is 3.00 bits per heavy atom. The van der Waals surface area contributed by atoms with E-state index in [2.05, 4.69) is 27.4 Å². The number of thiazole rings is 1. The number of fused-ring (bicyclic) bond motifs is 1. The number of aromatic nitrogens is 2. The number of ether oxygens (including phenoxy) is 1. The van der Waals surface area contributed by atoms with Crippen LogP contribution in [0.15, 0.2) is 36.5 Å². The van der Waals surface area contributed by atoms with Crippen molar-refractivity contribution in [1.82, 2.24) is 20.2 Å². The summed E-state index contributed by atoms with van der Waals surface area (Å²) in [7, 11) is 1.58.